The first-order valence-corrected chi connectivity index (χ1v) is 7.89. The van der Waals surface area contributed by atoms with E-state index in [4.69, 9.17) is 9.47 Å². The third kappa shape index (κ3) is 3.92. The molecular weight excluding hydrogens is 334 g/mol. The normalized spacial score (nSPS) is 10.3. The van der Waals surface area contributed by atoms with E-state index >= 15 is 0 Å². The zero-order valence-electron chi connectivity index (χ0n) is 14.1. The maximum atomic E-state index is 12.0. The minimum absolute atomic E-state index is 0.0377. The van der Waals surface area contributed by atoms with E-state index < -0.39 is 18.5 Å². The fourth-order valence-corrected chi connectivity index (χ4v) is 2.48. The third-order valence-electron chi connectivity index (χ3n) is 3.79. The molecule has 0 fully saturated rings. The number of rotatable bonds is 5. The highest BCUT2D eigenvalue weighted by Gasteiger charge is 2.15. The molecule has 2 N–H and O–H groups in total. The predicted molar refractivity (Wildman–Crippen MR) is 97.5 cm³/mol. The molecule has 0 aromatic heterocycles. The van der Waals surface area contributed by atoms with E-state index in [-0.39, 0.29) is 11.3 Å². The van der Waals surface area contributed by atoms with Crippen LogP contribution in [-0.2, 0) is 9.53 Å². The van der Waals surface area contributed by atoms with E-state index in [2.05, 4.69) is 5.32 Å². The van der Waals surface area contributed by atoms with E-state index in [0.717, 1.165) is 10.8 Å². The third-order valence-corrected chi connectivity index (χ3v) is 3.79. The minimum Gasteiger partial charge on any atom is -0.507 e. The molecule has 0 bridgehead atoms. The van der Waals surface area contributed by atoms with Crippen molar-refractivity contribution in [2.45, 2.75) is 0 Å². The van der Waals surface area contributed by atoms with Gasteiger partial charge in [0.2, 0.25) is 0 Å². The molecule has 1 amide bonds. The number of phenolic OH excluding ortho intramolecular Hbond substituents is 1. The van der Waals surface area contributed by atoms with Crippen LogP contribution >= 0.6 is 0 Å². The second-order valence-electron chi connectivity index (χ2n) is 5.57. The number of hydrogen-bond donors (Lipinski definition) is 2. The van der Waals surface area contributed by atoms with Gasteiger partial charge < -0.3 is 19.9 Å². The molecule has 6 nitrogen and oxygen atoms in total. The van der Waals surface area contributed by atoms with Crippen LogP contribution in [0.25, 0.3) is 10.8 Å². The summed E-state index contributed by atoms with van der Waals surface area (Å²) >= 11 is 0. The Morgan fingerprint density at radius 2 is 1.77 bits per heavy atom. The number of esters is 1. The van der Waals surface area contributed by atoms with E-state index in [1.165, 1.54) is 25.3 Å². The Hall–Kier alpha value is -3.54. The fourth-order valence-electron chi connectivity index (χ4n) is 2.48. The maximum absolute atomic E-state index is 12.0. The molecule has 0 saturated heterocycles. The molecule has 26 heavy (non-hydrogen) atoms. The smallest absolute Gasteiger partial charge is 0.342 e. The van der Waals surface area contributed by atoms with E-state index in [1.54, 1.807) is 6.07 Å². The Kier molecular flexibility index (Phi) is 5.03. The highest BCUT2D eigenvalue weighted by atomic mass is 16.5. The zero-order chi connectivity index (χ0) is 18.5. The van der Waals surface area contributed by atoms with Crippen molar-refractivity contribution in [3.8, 4) is 11.5 Å². The number of carbonyl (C=O) groups excluding carboxylic acids is 2. The fraction of sp³-hybridized carbons (Fsp3) is 0.100. The Morgan fingerprint density at radius 1 is 1.00 bits per heavy atom. The first-order valence-electron chi connectivity index (χ1n) is 7.89. The topological polar surface area (TPSA) is 84.9 Å². The second kappa shape index (κ2) is 7.57. The Bertz CT molecular complexity index is 967. The molecule has 0 heterocycles. The molecule has 6 heteroatoms. The summed E-state index contributed by atoms with van der Waals surface area (Å²) < 4.78 is 9.90. The van der Waals surface area contributed by atoms with Crippen molar-refractivity contribution in [1.29, 1.82) is 0 Å². The molecule has 0 spiro atoms. The lowest BCUT2D eigenvalue weighted by Gasteiger charge is -2.09. The molecule has 0 radical (unpaired) electrons. The Morgan fingerprint density at radius 3 is 2.50 bits per heavy atom. The molecule has 0 saturated carbocycles. The number of fused-ring (bicyclic) bond motifs is 1. The van der Waals surface area contributed by atoms with Gasteiger partial charge in [-0.15, -0.1) is 0 Å². The first kappa shape index (κ1) is 17.3. The van der Waals surface area contributed by atoms with Gasteiger partial charge in [-0.3, -0.25) is 4.79 Å². The van der Waals surface area contributed by atoms with Crippen LogP contribution in [0.5, 0.6) is 11.5 Å². The summed E-state index contributed by atoms with van der Waals surface area (Å²) in [7, 11) is 1.45. The van der Waals surface area contributed by atoms with Crippen LogP contribution in [0.15, 0.2) is 60.7 Å². The Labute approximate surface area is 150 Å². The van der Waals surface area contributed by atoms with Crippen molar-refractivity contribution in [3.05, 3.63) is 66.2 Å². The van der Waals surface area contributed by atoms with Crippen LogP contribution in [0.2, 0.25) is 0 Å². The summed E-state index contributed by atoms with van der Waals surface area (Å²) in [6, 6.07) is 17.5. The summed E-state index contributed by atoms with van der Waals surface area (Å²) in [5.41, 5.74) is 0.571. The lowest BCUT2D eigenvalue weighted by Crippen LogP contribution is -2.21. The lowest BCUT2D eigenvalue weighted by molar-refractivity contribution is -0.119. The molecule has 132 valence electrons. The van der Waals surface area contributed by atoms with Gasteiger partial charge in [0.05, 0.1) is 7.11 Å². The number of amides is 1. The van der Waals surface area contributed by atoms with Crippen molar-refractivity contribution in [3.63, 3.8) is 0 Å². The van der Waals surface area contributed by atoms with Gasteiger partial charge >= 0.3 is 5.97 Å². The summed E-state index contributed by atoms with van der Waals surface area (Å²) in [5, 5.41) is 14.5. The summed E-state index contributed by atoms with van der Waals surface area (Å²) in [5.74, 6) is -1.13. The molecule has 0 atom stereocenters. The number of phenols is 1. The first-order chi connectivity index (χ1) is 12.6. The van der Waals surface area contributed by atoms with E-state index in [0.29, 0.717) is 11.4 Å². The van der Waals surface area contributed by atoms with Gasteiger partial charge in [0, 0.05) is 11.8 Å². The average Bonchev–Trinajstić information content (AvgIpc) is 2.66. The maximum Gasteiger partial charge on any atom is 0.342 e. The molecule has 3 aromatic carbocycles. The molecule has 3 aromatic rings. The van der Waals surface area contributed by atoms with Crippen molar-refractivity contribution >= 4 is 28.3 Å². The number of hydrogen-bond acceptors (Lipinski definition) is 5. The van der Waals surface area contributed by atoms with Gasteiger partial charge in [-0.1, -0.05) is 30.3 Å². The second-order valence-corrected chi connectivity index (χ2v) is 5.57. The van der Waals surface area contributed by atoms with Gasteiger partial charge in [-0.25, -0.2) is 4.79 Å². The van der Waals surface area contributed by atoms with Gasteiger partial charge in [-0.05, 0) is 35.0 Å². The number of methoxy groups -OCH3 is 1. The zero-order valence-corrected chi connectivity index (χ0v) is 14.1. The molecule has 3 rings (SSSR count). The van der Waals surface area contributed by atoms with Gasteiger partial charge in [-0.2, -0.15) is 0 Å². The largest absolute Gasteiger partial charge is 0.507 e. The van der Waals surface area contributed by atoms with Crippen LogP contribution in [0, 0.1) is 0 Å². The monoisotopic (exact) mass is 351 g/mol. The highest BCUT2D eigenvalue weighted by molar-refractivity contribution is 5.98. The quantitative estimate of drug-likeness (QED) is 0.689. The number of ether oxygens (including phenoxy) is 2. The van der Waals surface area contributed by atoms with E-state index in [1.807, 2.05) is 36.4 Å². The summed E-state index contributed by atoms with van der Waals surface area (Å²) in [6.07, 6.45) is 0. The van der Waals surface area contributed by atoms with Gasteiger partial charge in [0.1, 0.15) is 17.1 Å². The standard InChI is InChI=1S/C20H17NO5/c1-25-16-8-9-17(18(22)11-16)20(24)26-12-19(23)21-15-7-6-13-4-2-3-5-14(13)10-15/h2-11,22H,12H2,1H3,(H,21,23). The van der Waals surface area contributed by atoms with Crippen LogP contribution in [0.3, 0.4) is 0 Å². The molecule has 0 aliphatic heterocycles. The van der Waals surface area contributed by atoms with E-state index in [9.17, 15) is 14.7 Å². The van der Waals surface area contributed by atoms with Gasteiger partial charge in [0.25, 0.3) is 5.91 Å². The van der Waals surface area contributed by atoms with Crippen LogP contribution < -0.4 is 10.1 Å². The Balaban J connectivity index is 1.60. The van der Waals surface area contributed by atoms with Gasteiger partial charge in [0.15, 0.2) is 6.61 Å². The summed E-state index contributed by atoms with van der Waals surface area (Å²) in [4.78, 5) is 24.0. The van der Waals surface area contributed by atoms with Crippen molar-refractivity contribution in [2.75, 3.05) is 19.0 Å². The lowest BCUT2D eigenvalue weighted by atomic mass is 10.1. The van der Waals surface area contributed by atoms with Crippen molar-refractivity contribution < 1.29 is 24.2 Å². The van der Waals surface area contributed by atoms with Crippen LogP contribution in [0.1, 0.15) is 10.4 Å². The molecule has 0 unspecified atom stereocenters. The number of nitrogens with one attached hydrogen (secondary N) is 1. The predicted octanol–water partition coefficient (Wildman–Crippen LogP) is 3.35. The SMILES string of the molecule is COc1ccc(C(=O)OCC(=O)Nc2ccc3ccccc3c2)c(O)c1. The molecule has 0 aliphatic rings. The summed E-state index contributed by atoms with van der Waals surface area (Å²) in [6.45, 7) is -0.461. The number of anilines is 1. The average molecular weight is 351 g/mol. The molecular formula is C20H17NO5. The number of aromatic hydroxyl groups is 1. The van der Waals surface area contributed by atoms with Crippen molar-refractivity contribution in [2.24, 2.45) is 0 Å². The van der Waals surface area contributed by atoms with Crippen molar-refractivity contribution in [1.82, 2.24) is 0 Å². The van der Waals surface area contributed by atoms with Crippen LogP contribution in [0.4, 0.5) is 5.69 Å². The number of carbonyl (C=O) groups is 2. The van der Waals surface area contributed by atoms with Crippen LogP contribution in [-0.4, -0.2) is 30.7 Å². The molecule has 0 aliphatic carbocycles. The number of benzene rings is 3. The minimum atomic E-state index is -0.793. The highest BCUT2D eigenvalue weighted by Crippen LogP contribution is 2.24.